The average molecular weight is 298 g/mol. The fraction of sp³-hybridized carbons (Fsp3) is 0.0833. The highest BCUT2D eigenvalue weighted by molar-refractivity contribution is 7.92. The number of hydrogen-bond acceptors (Lipinski definition) is 4. The summed E-state index contributed by atoms with van der Waals surface area (Å²) in [6.45, 7) is 1.84. The lowest BCUT2D eigenvalue weighted by molar-refractivity contribution is 0.601. The number of halogens is 1. The van der Waals surface area contributed by atoms with Crippen LogP contribution in [0, 0.1) is 6.92 Å². The molecule has 1 aromatic heterocycles. The second-order valence-corrected chi connectivity index (χ2v) is 6.03. The van der Waals surface area contributed by atoms with Crippen molar-refractivity contribution in [2.75, 3.05) is 10.5 Å². The molecule has 0 aliphatic carbocycles. The first-order chi connectivity index (χ1) is 8.90. The third kappa shape index (κ3) is 2.97. The summed E-state index contributed by atoms with van der Waals surface area (Å²) in [7, 11) is -3.81. The average Bonchev–Trinajstić information content (AvgIpc) is 2.34. The predicted molar refractivity (Wildman–Crippen MR) is 75.6 cm³/mol. The number of pyridine rings is 1. The highest BCUT2D eigenvalue weighted by Crippen LogP contribution is 2.26. The smallest absolute Gasteiger partial charge is 0.265 e. The normalized spacial score (nSPS) is 11.3. The fourth-order valence-corrected chi connectivity index (χ4v) is 2.92. The molecule has 19 heavy (non-hydrogen) atoms. The van der Waals surface area contributed by atoms with Crippen LogP contribution in [0.3, 0.4) is 0 Å². The number of hydrogen-bond donors (Lipinski definition) is 2. The first-order valence-electron chi connectivity index (χ1n) is 5.39. The van der Waals surface area contributed by atoms with Gasteiger partial charge in [0.05, 0.1) is 10.7 Å². The van der Waals surface area contributed by atoms with E-state index in [1.165, 1.54) is 18.3 Å². The van der Waals surface area contributed by atoms with E-state index in [1.54, 1.807) is 18.2 Å². The summed E-state index contributed by atoms with van der Waals surface area (Å²) in [5, 5.41) is 0.316. The molecule has 7 heteroatoms. The van der Waals surface area contributed by atoms with Crippen LogP contribution in [0.25, 0.3) is 0 Å². The maximum atomic E-state index is 12.2. The molecule has 0 saturated carbocycles. The Morgan fingerprint density at radius 1 is 1.32 bits per heavy atom. The topological polar surface area (TPSA) is 85.1 Å². The number of rotatable bonds is 3. The highest BCUT2D eigenvalue weighted by Gasteiger charge is 2.19. The number of nitrogens with two attached hydrogens (primary N) is 1. The highest BCUT2D eigenvalue weighted by atomic mass is 35.5. The van der Waals surface area contributed by atoms with Crippen molar-refractivity contribution in [1.29, 1.82) is 0 Å². The van der Waals surface area contributed by atoms with Gasteiger partial charge in [0.2, 0.25) is 0 Å². The quantitative estimate of drug-likeness (QED) is 0.911. The van der Waals surface area contributed by atoms with E-state index < -0.39 is 10.0 Å². The third-order valence-corrected chi connectivity index (χ3v) is 4.20. The van der Waals surface area contributed by atoms with Crippen LogP contribution in [0.2, 0.25) is 5.02 Å². The van der Waals surface area contributed by atoms with Gasteiger partial charge >= 0.3 is 0 Å². The number of nitrogens with one attached hydrogen (secondary N) is 1. The molecule has 0 atom stereocenters. The summed E-state index contributed by atoms with van der Waals surface area (Å²) in [6, 6.07) is 7.95. The zero-order valence-corrected chi connectivity index (χ0v) is 11.7. The zero-order chi connectivity index (χ0) is 14.0. The van der Waals surface area contributed by atoms with Gasteiger partial charge in [0.15, 0.2) is 0 Å². The Balaban J connectivity index is 2.43. The minimum Gasteiger partial charge on any atom is -0.383 e. The molecular weight excluding hydrogens is 286 g/mol. The summed E-state index contributed by atoms with van der Waals surface area (Å²) in [5.74, 6) is -0.0567. The predicted octanol–water partition coefficient (Wildman–Crippen LogP) is 2.43. The number of benzene rings is 1. The number of anilines is 2. The monoisotopic (exact) mass is 297 g/mol. The van der Waals surface area contributed by atoms with Crippen molar-refractivity contribution in [2.24, 2.45) is 0 Å². The molecule has 2 aromatic rings. The van der Waals surface area contributed by atoms with E-state index in [0.29, 0.717) is 10.7 Å². The second kappa shape index (κ2) is 5.07. The standard InChI is InChI=1S/C12H12ClN3O2S/c1-8-4-5-9(13)10(7-8)16-19(17,18)11-3-2-6-15-12(11)14/h2-7,16H,1H3,(H2,14,15). The number of nitrogens with zero attached hydrogens (tertiary/aromatic N) is 1. The van der Waals surface area contributed by atoms with Crippen LogP contribution in [0.1, 0.15) is 5.56 Å². The van der Waals surface area contributed by atoms with Crippen LogP contribution >= 0.6 is 11.6 Å². The van der Waals surface area contributed by atoms with Gasteiger partial charge in [-0.3, -0.25) is 4.72 Å². The minimum atomic E-state index is -3.81. The van der Waals surface area contributed by atoms with E-state index in [-0.39, 0.29) is 10.7 Å². The van der Waals surface area contributed by atoms with Gasteiger partial charge in [-0.2, -0.15) is 0 Å². The summed E-state index contributed by atoms with van der Waals surface area (Å²) in [6.07, 6.45) is 1.42. The van der Waals surface area contributed by atoms with Gasteiger partial charge in [-0.05, 0) is 36.8 Å². The summed E-state index contributed by atoms with van der Waals surface area (Å²) in [5.41, 5.74) is 6.77. The molecular formula is C12H12ClN3O2S. The Morgan fingerprint density at radius 3 is 2.74 bits per heavy atom. The molecule has 1 aromatic carbocycles. The number of aromatic nitrogens is 1. The minimum absolute atomic E-state index is 0.0567. The van der Waals surface area contributed by atoms with Crippen LogP contribution in [0.15, 0.2) is 41.4 Å². The molecule has 0 saturated heterocycles. The van der Waals surface area contributed by atoms with Crippen LogP contribution in [0.5, 0.6) is 0 Å². The van der Waals surface area contributed by atoms with Crippen LogP contribution < -0.4 is 10.5 Å². The number of nitrogen functional groups attached to an aromatic ring is 1. The van der Waals surface area contributed by atoms with E-state index in [4.69, 9.17) is 17.3 Å². The molecule has 0 amide bonds. The first-order valence-corrected chi connectivity index (χ1v) is 7.26. The molecule has 0 aliphatic rings. The molecule has 0 aliphatic heterocycles. The Labute approximate surface area is 116 Å². The second-order valence-electron chi connectivity index (χ2n) is 3.98. The molecule has 2 rings (SSSR count). The summed E-state index contributed by atoms with van der Waals surface area (Å²) < 4.78 is 26.8. The molecule has 5 nitrogen and oxygen atoms in total. The molecule has 100 valence electrons. The first kappa shape index (κ1) is 13.6. The number of sulfonamides is 1. The fourth-order valence-electron chi connectivity index (χ4n) is 1.55. The number of aryl methyl sites for hydroxylation is 1. The molecule has 0 bridgehead atoms. The lowest BCUT2D eigenvalue weighted by Gasteiger charge is -2.11. The van der Waals surface area contributed by atoms with Gasteiger partial charge < -0.3 is 5.73 Å². The summed E-state index contributed by atoms with van der Waals surface area (Å²) >= 11 is 5.96. The molecule has 0 unspecified atom stereocenters. The zero-order valence-electron chi connectivity index (χ0n) is 10.1. The Kier molecular flexibility index (Phi) is 3.64. The lowest BCUT2D eigenvalue weighted by atomic mass is 10.2. The Hall–Kier alpha value is -1.79. The SMILES string of the molecule is Cc1ccc(Cl)c(NS(=O)(=O)c2cccnc2N)c1. The summed E-state index contributed by atoms with van der Waals surface area (Å²) in [4.78, 5) is 3.68. The van der Waals surface area contributed by atoms with Gasteiger partial charge in [0.25, 0.3) is 10.0 Å². The molecule has 0 fully saturated rings. The van der Waals surface area contributed by atoms with Crippen LogP contribution in [-0.4, -0.2) is 13.4 Å². The van der Waals surface area contributed by atoms with Gasteiger partial charge in [-0.25, -0.2) is 13.4 Å². The van der Waals surface area contributed by atoms with Gasteiger partial charge in [-0.1, -0.05) is 17.7 Å². The van der Waals surface area contributed by atoms with E-state index in [2.05, 4.69) is 9.71 Å². The van der Waals surface area contributed by atoms with E-state index in [9.17, 15) is 8.42 Å². The van der Waals surface area contributed by atoms with Crippen molar-refractivity contribution >= 4 is 33.1 Å². The molecule has 0 radical (unpaired) electrons. The Bertz CT molecular complexity index is 717. The van der Waals surface area contributed by atoms with Crippen molar-refractivity contribution in [3.8, 4) is 0 Å². The van der Waals surface area contributed by atoms with Gasteiger partial charge in [-0.15, -0.1) is 0 Å². The maximum Gasteiger partial charge on any atom is 0.265 e. The van der Waals surface area contributed by atoms with E-state index >= 15 is 0 Å². The van der Waals surface area contributed by atoms with Crippen molar-refractivity contribution in [2.45, 2.75) is 11.8 Å². The van der Waals surface area contributed by atoms with Crippen molar-refractivity contribution < 1.29 is 8.42 Å². The van der Waals surface area contributed by atoms with Crippen molar-refractivity contribution in [3.63, 3.8) is 0 Å². The van der Waals surface area contributed by atoms with E-state index in [0.717, 1.165) is 5.56 Å². The van der Waals surface area contributed by atoms with Crippen LogP contribution in [0.4, 0.5) is 11.5 Å². The van der Waals surface area contributed by atoms with Crippen molar-refractivity contribution in [1.82, 2.24) is 4.98 Å². The van der Waals surface area contributed by atoms with Crippen LogP contribution in [-0.2, 0) is 10.0 Å². The van der Waals surface area contributed by atoms with Crippen molar-refractivity contribution in [3.05, 3.63) is 47.1 Å². The molecule has 3 N–H and O–H groups in total. The Morgan fingerprint density at radius 2 is 2.05 bits per heavy atom. The lowest BCUT2D eigenvalue weighted by Crippen LogP contribution is -2.15. The van der Waals surface area contributed by atoms with Gasteiger partial charge in [0, 0.05) is 6.20 Å². The van der Waals surface area contributed by atoms with Gasteiger partial charge in [0.1, 0.15) is 10.7 Å². The molecule has 0 spiro atoms. The molecule has 1 heterocycles. The maximum absolute atomic E-state index is 12.2. The third-order valence-electron chi connectivity index (χ3n) is 2.46. The van der Waals surface area contributed by atoms with E-state index in [1.807, 2.05) is 6.92 Å². The largest absolute Gasteiger partial charge is 0.383 e.